The lowest BCUT2D eigenvalue weighted by Gasteiger charge is -2.15. The second kappa shape index (κ2) is 10.4. The molecule has 0 heterocycles. The van der Waals surface area contributed by atoms with Gasteiger partial charge in [0, 0.05) is 11.7 Å². The summed E-state index contributed by atoms with van der Waals surface area (Å²) in [5.41, 5.74) is 2.09. The van der Waals surface area contributed by atoms with Gasteiger partial charge < -0.3 is 20.7 Å². The number of nitrogens with one attached hydrogen (secondary N) is 3. The summed E-state index contributed by atoms with van der Waals surface area (Å²) < 4.78 is 18.5. The number of hydrogen-bond acceptors (Lipinski definition) is 4. The Morgan fingerprint density at radius 1 is 0.968 bits per heavy atom. The van der Waals surface area contributed by atoms with Crippen molar-refractivity contribution in [3.05, 3.63) is 89.7 Å². The maximum absolute atomic E-state index is 13.4. The van der Waals surface area contributed by atoms with Crippen molar-refractivity contribution in [1.82, 2.24) is 5.32 Å². The molecule has 0 fully saturated rings. The molecule has 0 aromatic heterocycles. The van der Waals surface area contributed by atoms with Gasteiger partial charge in [0.1, 0.15) is 11.6 Å². The van der Waals surface area contributed by atoms with E-state index in [4.69, 9.17) is 4.74 Å². The molecule has 31 heavy (non-hydrogen) atoms. The first-order valence-corrected chi connectivity index (χ1v) is 9.79. The lowest BCUT2D eigenvalue weighted by atomic mass is 10.1. The first kappa shape index (κ1) is 22.0. The number of rotatable bonds is 8. The van der Waals surface area contributed by atoms with Crippen molar-refractivity contribution in [1.29, 1.82) is 0 Å². The Labute approximate surface area is 180 Å². The Morgan fingerprint density at radius 3 is 2.42 bits per heavy atom. The van der Waals surface area contributed by atoms with E-state index in [1.807, 2.05) is 6.92 Å². The quantitative estimate of drug-likeness (QED) is 0.504. The van der Waals surface area contributed by atoms with Crippen molar-refractivity contribution in [3.8, 4) is 5.75 Å². The largest absolute Gasteiger partial charge is 0.497 e. The molecule has 0 aliphatic heterocycles. The van der Waals surface area contributed by atoms with E-state index in [0.717, 1.165) is 5.56 Å². The van der Waals surface area contributed by atoms with Gasteiger partial charge >= 0.3 is 0 Å². The van der Waals surface area contributed by atoms with Gasteiger partial charge in [-0.3, -0.25) is 9.59 Å². The Kier molecular flexibility index (Phi) is 7.35. The molecule has 6 nitrogen and oxygen atoms in total. The third-order valence-electron chi connectivity index (χ3n) is 4.71. The Hall–Kier alpha value is -3.71. The molecule has 3 aromatic rings. The molecule has 7 heteroatoms. The van der Waals surface area contributed by atoms with E-state index >= 15 is 0 Å². The van der Waals surface area contributed by atoms with Gasteiger partial charge in [-0.2, -0.15) is 0 Å². The molecule has 0 spiro atoms. The number of para-hydroxylation sites is 1. The first-order valence-electron chi connectivity index (χ1n) is 9.79. The molecule has 3 aromatic carbocycles. The molecule has 0 aliphatic carbocycles. The smallest absolute Gasteiger partial charge is 0.257 e. The molecule has 0 saturated carbocycles. The fourth-order valence-corrected chi connectivity index (χ4v) is 3.00. The van der Waals surface area contributed by atoms with Crippen molar-refractivity contribution in [3.63, 3.8) is 0 Å². The van der Waals surface area contributed by atoms with E-state index in [2.05, 4.69) is 16.0 Å². The van der Waals surface area contributed by atoms with Gasteiger partial charge in [0.15, 0.2) is 0 Å². The molecule has 0 aliphatic rings. The maximum Gasteiger partial charge on any atom is 0.257 e. The van der Waals surface area contributed by atoms with Gasteiger partial charge in [0.2, 0.25) is 5.91 Å². The van der Waals surface area contributed by atoms with E-state index in [1.165, 1.54) is 12.1 Å². The summed E-state index contributed by atoms with van der Waals surface area (Å²) in [6.07, 6.45) is 0. The highest BCUT2D eigenvalue weighted by Crippen LogP contribution is 2.20. The molecule has 160 valence electrons. The van der Waals surface area contributed by atoms with Gasteiger partial charge in [0.25, 0.3) is 5.91 Å². The van der Waals surface area contributed by atoms with Crippen molar-refractivity contribution in [2.45, 2.75) is 13.0 Å². The molecule has 3 N–H and O–H groups in total. The first-order chi connectivity index (χ1) is 15.0. The van der Waals surface area contributed by atoms with Gasteiger partial charge in [-0.05, 0) is 61.0 Å². The fraction of sp³-hybridized carbons (Fsp3) is 0.167. The van der Waals surface area contributed by atoms with E-state index in [0.29, 0.717) is 22.7 Å². The maximum atomic E-state index is 13.4. The summed E-state index contributed by atoms with van der Waals surface area (Å²) in [6.45, 7) is 1.85. The van der Waals surface area contributed by atoms with Crippen molar-refractivity contribution < 1.29 is 18.7 Å². The van der Waals surface area contributed by atoms with Gasteiger partial charge in [-0.1, -0.05) is 24.3 Å². The standard InChI is InChI=1S/C24H24FN3O3/c1-16(17-6-5-7-18(25)14-17)26-15-23(29)28-22-9-4-3-8-21(22)24(30)27-19-10-12-20(31-2)13-11-19/h3-14,16,26H,15H2,1-2H3,(H,27,30)(H,28,29)/t16-/m0/s1. The topological polar surface area (TPSA) is 79.5 Å². The number of halogens is 1. The zero-order valence-corrected chi connectivity index (χ0v) is 17.3. The SMILES string of the molecule is COc1ccc(NC(=O)c2ccccc2NC(=O)CN[C@@H](C)c2cccc(F)c2)cc1. The van der Waals surface area contributed by atoms with E-state index < -0.39 is 0 Å². The van der Waals surface area contributed by atoms with Gasteiger partial charge in [-0.15, -0.1) is 0 Å². The van der Waals surface area contributed by atoms with Crippen molar-refractivity contribution >= 4 is 23.2 Å². The van der Waals surface area contributed by atoms with Crippen molar-refractivity contribution in [2.75, 3.05) is 24.3 Å². The van der Waals surface area contributed by atoms with Crippen LogP contribution in [0.4, 0.5) is 15.8 Å². The summed E-state index contributed by atoms with van der Waals surface area (Å²) in [4.78, 5) is 25.1. The minimum absolute atomic E-state index is 0.00606. The van der Waals surface area contributed by atoms with Crippen LogP contribution in [0.25, 0.3) is 0 Å². The predicted molar refractivity (Wildman–Crippen MR) is 119 cm³/mol. The molecule has 0 saturated heterocycles. The van der Waals surface area contributed by atoms with Crippen LogP contribution in [0.3, 0.4) is 0 Å². The molecular weight excluding hydrogens is 397 g/mol. The highest BCUT2D eigenvalue weighted by atomic mass is 19.1. The molecule has 1 atom stereocenters. The minimum atomic E-state index is -0.345. The Balaban J connectivity index is 1.61. The summed E-state index contributed by atoms with van der Waals surface area (Å²) in [5, 5.41) is 8.61. The average molecular weight is 421 g/mol. The highest BCUT2D eigenvalue weighted by Gasteiger charge is 2.14. The number of hydrogen-bond donors (Lipinski definition) is 3. The van der Waals surface area contributed by atoms with Crippen LogP contribution in [0.1, 0.15) is 28.9 Å². The molecule has 2 amide bonds. The number of carbonyl (C=O) groups is 2. The number of anilines is 2. The molecule has 0 bridgehead atoms. The highest BCUT2D eigenvalue weighted by molar-refractivity contribution is 6.10. The van der Waals surface area contributed by atoms with E-state index in [1.54, 1.807) is 67.8 Å². The number of benzene rings is 3. The second-order valence-electron chi connectivity index (χ2n) is 6.93. The summed E-state index contributed by atoms with van der Waals surface area (Å²) >= 11 is 0. The lowest BCUT2D eigenvalue weighted by molar-refractivity contribution is -0.115. The van der Waals surface area contributed by atoms with Gasteiger partial charge in [0.05, 0.1) is 24.9 Å². The van der Waals surface area contributed by atoms with Crippen LogP contribution in [0.5, 0.6) is 5.75 Å². The van der Waals surface area contributed by atoms with Crippen LogP contribution >= 0.6 is 0 Å². The summed E-state index contributed by atoms with van der Waals surface area (Å²) in [6, 6.07) is 19.7. The molecular formula is C24H24FN3O3. The normalized spacial score (nSPS) is 11.5. The van der Waals surface area contributed by atoms with E-state index in [9.17, 15) is 14.0 Å². The monoisotopic (exact) mass is 421 g/mol. The van der Waals surface area contributed by atoms with Crippen LogP contribution in [-0.4, -0.2) is 25.5 Å². The molecule has 0 unspecified atom stereocenters. The van der Waals surface area contributed by atoms with Crippen LogP contribution < -0.4 is 20.7 Å². The zero-order valence-electron chi connectivity index (χ0n) is 17.3. The van der Waals surface area contributed by atoms with Crippen molar-refractivity contribution in [2.24, 2.45) is 0 Å². The van der Waals surface area contributed by atoms with E-state index in [-0.39, 0.29) is 30.2 Å². The Morgan fingerprint density at radius 2 is 1.71 bits per heavy atom. The number of ether oxygens (including phenoxy) is 1. The minimum Gasteiger partial charge on any atom is -0.497 e. The predicted octanol–water partition coefficient (Wildman–Crippen LogP) is 4.38. The third-order valence-corrected chi connectivity index (χ3v) is 4.71. The van der Waals surface area contributed by atoms with Crippen LogP contribution in [0.15, 0.2) is 72.8 Å². The van der Waals surface area contributed by atoms with Crippen LogP contribution in [-0.2, 0) is 4.79 Å². The summed E-state index contributed by atoms with van der Waals surface area (Å²) in [7, 11) is 1.57. The second-order valence-corrected chi connectivity index (χ2v) is 6.93. The van der Waals surface area contributed by atoms with Crippen LogP contribution in [0, 0.1) is 5.82 Å². The summed E-state index contributed by atoms with van der Waals surface area (Å²) in [5.74, 6) is -0.298. The number of methoxy groups -OCH3 is 1. The molecule has 0 radical (unpaired) electrons. The lowest BCUT2D eigenvalue weighted by Crippen LogP contribution is -2.30. The average Bonchev–Trinajstić information content (AvgIpc) is 2.78. The third kappa shape index (κ3) is 6.13. The number of amides is 2. The molecule has 3 rings (SSSR count). The Bertz CT molecular complexity index is 1050. The van der Waals surface area contributed by atoms with Gasteiger partial charge in [-0.25, -0.2) is 4.39 Å². The number of carbonyl (C=O) groups excluding carboxylic acids is 2. The van der Waals surface area contributed by atoms with Crippen LogP contribution in [0.2, 0.25) is 0 Å². The zero-order chi connectivity index (χ0) is 22.2. The fourth-order valence-electron chi connectivity index (χ4n) is 3.00.